The molecule has 0 saturated carbocycles. The number of carbonyl (C=O) groups is 2. The Morgan fingerprint density at radius 3 is 2.38 bits per heavy atom. The number of hydrogen-bond acceptors (Lipinski definition) is 4. The summed E-state index contributed by atoms with van der Waals surface area (Å²) in [5.74, 6) is -0.275. The number of carbonyl (C=O) groups excluding carboxylic acids is 2. The molecule has 1 aromatic heterocycles. The third-order valence-electron chi connectivity index (χ3n) is 7.23. The highest BCUT2D eigenvalue weighted by Crippen LogP contribution is 2.31. The Balaban J connectivity index is 1.55. The summed E-state index contributed by atoms with van der Waals surface area (Å²) in [5.41, 5.74) is 5.04. The molecule has 0 unspecified atom stereocenters. The zero-order chi connectivity index (χ0) is 26.9. The molecule has 2 heterocycles. The van der Waals surface area contributed by atoms with E-state index in [0.717, 1.165) is 35.0 Å². The zero-order valence-electron chi connectivity index (χ0n) is 21.4. The summed E-state index contributed by atoms with van der Waals surface area (Å²) < 4.78 is 49.0. The van der Waals surface area contributed by atoms with Gasteiger partial charge in [0.1, 0.15) is 5.75 Å². The fourth-order valence-corrected chi connectivity index (χ4v) is 5.23. The lowest BCUT2D eigenvalue weighted by atomic mass is 9.92. The number of benzene rings is 2. The van der Waals surface area contributed by atoms with Crippen LogP contribution in [-0.2, 0) is 16.1 Å². The smallest absolute Gasteiger partial charge is 0.469 e. The molecule has 0 atom stereocenters. The van der Waals surface area contributed by atoms with Crippen LogP contribution in [0.15, 0.2) is 36.5 Å². The number of hydrogen-bond donors (Lipinski definition) is 0. The van der Waals surface area contributed by atoms with Crippen LogP contribution in [0.25, 0.3) is 10.9 Å². The standard InChI is InChI=1S/C28H31F3N2O4/c1-17-5-6-23(27(35)32-10-7-20(8-11-32)14-25(34)36-4)19(3)24(17)16-33-12-9-21-15-22(37-28(29,30)31)13-18(2)26(21)33/h5-6,9,12-13,15,20H,7-8,10-11,14,16H2,1-4H3. The van der Waals surface area contributed by atoms with Crippen LogP contribution in [0.5, 0.6) is 5.75 Å². The number of aryl methyl sites for hydroxylation is 2. The van der Waals surface area contributed by atoms with Gasteiger partial charge in [-0.1, -0.05) is 6.07 Å². The Bertz CT molecular complexity index is 1320. The molecule has 4 rings (SSSR count). The highest BCUT2D eigenvalue weighted by atomic mass is 19.4. The molecule has 0 aliphatic carbocycles. The first-order chi connectivity index (χ1) is 17.5. The Morgan fingerprint density at radius 1 is 1.03 bits per heavy atom. The molecule has 1 aliphatic heterocycles. The molecule has 6 nitrogen and oxygen atoms in total. The topological polar surface area (TPSA) is 60.8 Å². The molecule has 1 aliphatic rings. The first-order valence-corrected chi connectivity index (χ1v) is 12.3. The molecule has 0 spiro atoms. The van der Waals surface area contributed by atoms with E-state index in [1.165, 1.54) is 19.2 Å². The first-order valence-electron chi connectivity index (χ1n) is 12.3. The van der Waals surface area contributed by atoms with Crippen LogP contribution in [0.1, 0.15) is 51.9 Å². The third kappa shape index (κ3) is 5.92. The minimum Gasteiger partial charge on any atom is -0.469 e. The largest absolute Gasteiger partial charge is 0.573 e. The van der Waals surface area contributed by atoms with Crippen LogP contribution < -0.4 is 4.74 Å². The van der Waals surface area contributed by atoms with Crippen molar-refractivity contribution in [1.82, 2.24) is 9.47 Å². The molecule has 37 heavy (non-hydrogen) atoms. The lowest BCUT2D eigenvalue weighted by molar-refractivity contribution is -0.274. The van der Waals surface area contributed by atoms with Crippen LogP contribution in [0.2, 0.25) is 0 Å². The summed E-state index contributed by atoms with van der Waals surface area (Å²) in [7, 11) is 1.39. The van der Waals surface area contributed by atoms with Gasteiger partial charge in [0.25, 0.3) is 5.91 Å². The Kier molecular flexibility index (Phi) is 7.52. The van der Waals surface area contributed by atoms with E-state index in [-0.39, 0.29) is 23.5 Å². The summed E-state index contributed by atoms with van der Waals surface area (Å²) in [6, 6.07) is 8.33. The predicted octanol–water partition coefficient (Wildman–Crippen LogP) is 5.93. The van der Waals surface area contributed by atoms with Crippen LogP contribution >= 0.6 is 0 Å². The van der Waals surface area contributed by atoms with Crippen LogP contribution in [-0.4, -0.2) is 47.9 Å². The van der Waals surface area contributed by atoms with Crippen LogP contribution in [0, 0.1) is 26.7 Å². The molecular weight excluding hydrogens is 485 g/mol. The monoisotopic (exact) mass is 516 g/mol. The summed E-state index contributed by atoms with van der Waals surface area (Å²) in [4.78, 5) is 26.8. The second kappa shape index (κ2) is 10.5. The summed E-state index contributed by atoms with van der Waals surface area (Å²) in [5, 5.41) is 0.650. The average Bonchev–Trinajstić information content (AvgIpc) is 3.23. The number of fused-ring (bicyclic) bond motifs is 1. The minimum absolute atomic E-state index is 0.0299. The van der Waals surface area contributed by atoms with E-state index in [9.17, 15) is 22.8 Å². The van der Waals surface area contributed by atoms with Gasteiger partial charge < -0.3 is 18.9 Å². The number of ether oxygens (including phenoxy) is 2. The highest BCUT2D eigenvalue weighted by molar-refractivity contribution is 5.96. The van der Waals surface area contributed by atoms with Gasteiger partial charge in [-0.2, -0.15) is 0 Å². The SMILES string of the molecule is COC(=O)CC1CCN(C(=O)c2ccc(C)c(Cn3ccc4cc(OC(F)(F)F)cc(C)c43)c2C)CC1. The van der Waals surface area contributed by atoms with Gasteiger partial charge in [-0.3, -0.25) is 9.59 Å². The summed E-state index contributed by atoms with van der Waals surface area (Å²) >= 11 is 0. The summed E-state index contributed by atoms with van der Waals surface area (Å²) in [6.45, 7) is 7.34. The second-order valence-corrected chi connectivity index (χ2v) is 9.72. The van der Waals surface area contributed by atoms with Crippen molar-refractivity contribution in [3.8, 4) is 5.75 Å². The second-order valence-electron chi connectivity index (χ2n) is 9.72. The van der Waals surface area contributed by atoms with E-state index in [4.69, 9.17) is 4.74 Å². The van der Waals surface area contributed by atoms with Crippen molar-refractivity contribution in [2.75, 3.05) is 20.2 Å². The zero-order valence-corrected chi connectivity index (χ0v) is 21.4. The molecule has 198 valence electrons. The number of methoxy groups -OCH3 is 1. The number of rotatable bonds is 6. The first kappa shape index (κ1) is 26.6. The number of likely N-dealkylation sites (tertiary alicyclic amines) is 1. The quantitative estimate of drug-likeness (QED) is 0.381. The number of alkyl halides is 3. The van der Waals surface area contributed by atoms with Crippen molar-refractivity contribution in [3.63, 3.8) is 0 Å². The number of amides is 1. The van der Waals surface area contributed by atoms with Gasteiger partial charge in [0, 0.05) is 43.2 Å². The van der Waals surface area contributed by atoms with Gasteiger partial charge in [0.2, 0.25) is 0 Å². The van der Waals surface area contributed by atoms with Crippen molar-refractivity contribution in [2.45, 2.75) is 52.9 Å². The van der Waals surface area contributed by atoms with E-state index in [1.807, 2.05) is 41.6 Å². The molecule has 0 radical (unpaired) electrons. The van der Waals surface area contributed by atoms with Crippen molar-refractivity contribution in [2.24, 2.45) is 5.92 Å². The number of esters is 1. The van der Waals surface area contributed by atoms with Crippen LogP contribution in [0.3, 0.4) is 0 Å². The van der Waals surface area contributed by atoms with Gasteiger partial charge in [0.05, 0.1) is 12.6 Å². The van der Waals surface area contributed by atoms with Gasteiger partial charge >= 0.3 is 12.3 Å². The van der Waals surface area contributed by atoms with E-state index in [2.05, 4.69) is 4.74 Å². The molecule has 2 aromatic carbocycles. The highest BCUT2D eigenvalue weighted by Gasteiger charge is 2.31. The molecule has 0 bridgehead atoms. The van der Waals surface area contributed by atoms with Gasteiger partial charge in [-0.25, -0.2) is 0 Å². The lowest BCUT2D eigenvalue weighted by Gasteiger charge is -2.32. The molecule has 1 saturated heterocycles. The maximum Gasteiger partial charge on any atom is 0.573 e. The lowest BCUT2D eigenvalue weighted by Crippen LogP contribution is -2.39. The third-order valence-corrected chi connectivity index (χ3v) is 7.23. The molecular formula is C28H31F3N2O4. The van der Waals surface area contributed by atoms with E-state index in [0.29, 0.717) is 42.6 Å². The molecule has 3 aromatic rings. The number of halogens is 3. The normalized spacial score (nSPS) is 14.7. The summed E-state index contributed by atoms with van der Waals surface area (Å²) in [6.07, 6.45) is -1.02. The number of piperidine rings is 1. The van der Waals surface area contributed by atoms with Gasteiger partial charge in [-0.15, -0.1) is 13.2 Å². The van der Waals surface area contributed by atoms with Crippen LogP contribution in [0.4, 0.5) is 13.2 Å². The van der Waals surface area contributed by atoms with Crippen molar-refractivity contribution >= 4 is 22.8 Å². The fraction of sp³-hybridized carbons (Fsp3) is 0.429. The molecule has 1 fully saturated rings. The Labute approximate surface area is 213 Å². The average molecular weight is 517 g/mol. The van der Waals surface area contributed by atoms with Crippen molar-refractivity contribution in [3.05, 3.63) is 64.3 Å². The predicted molar refractivity (Wildman–Crippen MR) is 134 cm³/mol. The number of nitrogens with zero attached hydrogens (tertiary/aromatic N) is 2. The molecule has 9 heteroatoms. The molecule has 0 N–H and O–H groups in total. The minimum atomic E-state index is -4.75. The Morgan fingerprint density at radius 2 is 1.73 bits per heavy atom. The van der Waals surface area contributed by atoms with Gasteiger partial charge in [0.15, 0.2) is 0 Å². The molecule has 1 amide bonds. The Hall–Kier alpha value is -3.49. The number of aromatic nitrogens is 1. The van der Waals surface area contributed by atoms with E-state index >= 15 is 0 Å². The van der Waals surface area contributed by atoms with Crippen molar-refractivity contribution in [1.29, 1.82) is 0 Å². The van der Waals surface area contributed by atoms with Crippen molar-refractivity contribution < 1.29 is 32.2 Å². The van der Waals surface area contributed by atoms with E-state index < -0.39 is 6.36 Å². The van der Waals surface area contributed by atoms with Gasteiger partial charge in [-0.05, 0) is 86.1 Å². The van der Waals surface area contributed by atoms with E-state index in [1.54, 1.807) is 13.0 Å². The maximum atomic E-state index is 13.4. The fourth-order valence-electron chi connectivity index (χ4n) is 5.23. The maximum absolute atomic E-state index is 13.4.